The maximum Gasteiger partial charge on any atom is 0.306 e. The maximum absolute atomic E-state index is 14.5. The summed E-state index contributed by atoms with van der Waals surface area (Å²) in [4.78, 5) is 11.5. The van der Waals surface area contributed by atoms with E-state index >= 15 is 0 Å². The molecule has 37 heavy (non-hydrogen) atoms. The number of aromatic nitrogens is 3. The molecule has 3 fully saturated rings. The zero-order chi connectivity index (χ0) is 25.5. The predicted molar refractivity (Wildman–Crippen MR) is 138 cm³/mol. The molecule has 1 spiro atoms. The van der Waals surface area contributed by atoms with E-state index in [9.17, 15) is 18.7 Å². The Morgan fingerprint density at radius 3 is 2.57 bits per heavy atom. The van der Waals surface area contributed by atoms with Crippen molar-refractivity contribution in [2.45, 2.75) is 50.4 Å². The molecular weight excluding hydrogens is 544 g/mol. The molecule has 3 aliphatic rings. The van der Waals surface area contributed by atoms with E-state index in [1.165, 1.54) is 17.7 Å². The fourth-order valence-electron chi connectivity index (χ4n) is 7.22. The monoisotopic (exact) mass is 569 g/mol. The molecule has 3 heterocycles. The number of nitrogens with one attached hydrogen (secondary N) is 1. The standard InChI is InChI=1S/C28H26BrF2N3O3/c29-24-23-21(7-15-13-32-33-25(15)24)34(18-1-2-19(30)20(31)8-18)26(14-3-5-37-6-4-14)22(23)16-9-28(10-16)11-17(12-28)27(35)36/h1-2,7-8,13-14,16-17H,3-6,9-12H2,(H,32,33)(H,35,36). The summed E-state index contributed by atoms with van der Waals surface area (Å²) in [7, 11) is 0. The van der Waals surface area contributed by atoms with Crippen LogP contribution < -0.4 is 0 Å². The van der Waals surface area contributed by atoms with Gasteiger partial charge in [-0.1, -0.05) is 0 Å². The van der Waals surface area contributed by atoms with Crippen molar-refractivity contribution in [3.8, 4) is 5.69 Å². The number of rotatable bonds is 4. The van der Waals surface area contributed by atoms with Crippen LogP contribution in [0.5, 0.6) is 0 Å². The first-order valence-corrected chi connectivity index (χ1v) is 13.6. The molecule has 6 nitrogen and oxygen atoms in total. The van der Waals surface area contributed by atoms with Crippen LogP contribution in [0.25, 0.3) is 27.5 Å². The topological polar surface area (TPSA) is 80.1 Å². The third kappa shape index (κ3) is 3.50. The van der Waals surface area contributed by atoms with Gasteiger partial charge < -0.3 is 14.4 Å². The number of hydrogen-bond donors (Lipinski definition) is 2. The Morgan fingerprint density at radius 1 is 1.11 bits per heavy atom. The average Bonchev–Trinajstić information content (AvgIpc) is 3.43. The average molecular weight is 570 g/mol. The summed E-state index contributed by atoms with van der Waals surface area (Å²) in [6, 6.07) is 6.18. The maximum atomic E-state index is 14.5. The Hall–Kier alpha value is -2.78. The molecule has 7 rings (SSSR count). The highest BCUT2D eigenvalue weighted by Gasteiger charge is 2.56. The number of nitrogens with zero attached hydrogens (tertiary/aromatic N) is 2. The fourth-order valence-corrected chi connectivity index (χ4v) is 7.96. The van der Waals surface area contributed by atoms with Crippen molar-refractivity contribution in [3.05, 3.63) is 57.8 Å². The summed E-state index contributed by atoms with van der Waals surface area (Å²) < 4.78 is 37.2. The van der Waals surface area contributed by atoms with Gasteiger partial charge in [0.05, 0.1) is 27.6 Å². The second-order valence-electron chi connectivity index (χ2n) is 11.1. The molecule has 192 valence electrons. The fraction of sp³-hybridized carbons (Fsp3) is 0.429. The SMILES string of the molecule is O=C(O)C1CC2(C1)CC(c1c(C3CCOCC3)n(-c3ccc(F)c(F)c3)c3cc4cn[nH]c4c(Br)c13)C2. The zero-order valence-electron chi connectivity index (χ0n) is 20.1. The minimum atomic E-state index is -0.876. The highest BCUT2D eigenvalue weighted by Crippen LogP contribution is 2.66. The molecule has 0 unspecified atom stereocenters. The molecule has 0 amide bonds. The normalized spacial score (nSPS) is 26.0. The van der Waals surface area contributed by atoms with Gasteiger partial charge in [-0.3, -0.25) is 9.89 Å². The third-order valence-electron chi connectivity index (χ3n) is 8.93. The Kier molecular flexibility index (Phi) is 5.28. The number of ether oxygens (including phenoxy) is 1. The van der Waals surface area contributed by atoms with Gasteiger partial charge >= 0.3 is 5.97 Å². The van der Waals surface area contributed by atoms with E-state index < -0.39 is 17.6 Å². The van der Waals surface area contributed by atoms with Gasteiger partial charge in [-0.2, -0.15) is 5.10 Å². The Morgan fingerprint density at radius 2 is 1.86 bits per heavy atom. The Labute approximate surface area is 220 Å². The molecule has 2 N–H and O–H groups in total. The summed E-state index contributed by atoms with van der Waals surface area (Å²) in [6.45, 7) is 1.31. The van der Waals surface area contributed by atoms with E-state index in [0.717, 1.165) is 70.5 Å². The summed E-state index contributed by atoms with van der Waals surface area (Å²) in [6.07, 6.45) is 6.83. The number of aromatic amines is 1. The van der Waals surface area contributed by atoms with E-state index in [4.69, 9.17) is 4.74 Å². The minimum absolute atomic E-state index is 0.0989. The van der Waals surface area contributed by atoms with Gasteiger partial charge in [0, 0.05) is 47.4 Å². The summed E-state index contributed by atoms with van der Waals surface area (Å²) in [5.74, 6) is -2.22. The molecule has 0 radical (unpaired) electrons. The van der Waals surface area contributed by atoms with Gasteiger partial charge in [0.25, 0.3) is 0 Å². The van der Waals surface area contributed by atoms with Gasteiger partial charge in [0.1, 0.15) is 0 Å². The van der Waals surface area contributed by atoms with Crippen LogP contribution in [-0.4, -0.2) is 39.1 Å². The molecule has 2 saturated carbocycles. The van der Waals surface area contributed by atoms with E-state index in [1.807, 2.05) is 0 Å². The van der Waals surface area contributed by atoms with E-state index in [1.54, 1.807) is 12.3 Å². The van der Waals surface area contributed by atoms with Crippen LogP contribution >= 0.6 is 15.9 Å². The molecule has 2 aromatic heterocycles. The molecule has 1 saturated heterocycles. The largest absolute Gasteiger partial charge is 0.481 e. The van der Waals surface area contributed by atoms with Crippen LogP contribution in [0, 0.1) is 23.0 Å². The number of fused-ring (bicyclic) bond motifs is 2. The first kappa shape index (κ1) is 23.3. The predicted octanol–water partition coefficient (Wildman–Crippen LogP) is 6.80. The first-order chi connectivity index (χ1) is 17.8. The quantitative estimate of drug-likeness (QED) is 0.283. The van der Waals surface area contributed by atoms with Gasteiger partial charge in [-0.05, 0) is 89.6 Å². The minimum Gasteiger partial charge on any atom is -0.481 e. The number of carbonyl (C=O) groups is 1. The molecule has 1 aliphatic heterocycles. The van der Waals surface area contributed by atoms with Crippen LogP contribution in [0.15, 0.2) is 34.9 Å². The van der Waals surface area contributed by atoms with Gasteiger partial charge in [-0.25, -0.2) is 8.78 Å². The van der Waals surface area contributed by atoms with E-state index in [2.05, 4.69) is 36.8 Å². The van der Waals surface area contributed by atoms with Crippen LogP contribution in [0.4, 0.5) is 8.78 Å². The second-order valence-corrected chi connectivity index (χ2v) is 11.9. The van der Waals surface area contributed by atoms with Gasteiger partial charge in [-0.15, -0.1) is 0 Å². The summed E-state index contributed by atoms with van der Waals surface area (Å²) in [5.41, 5.74) is 4.90. The first-order valence-electron chi connectivity index (χ1n) is 12.8. The molecule has 9 heteroatoms. The van der Waals surface area contributed by atoms with Crippen molar-refractivity contribution < 1.29 is 23.4 Å². The van der Waals surface area contributed by atoms with Crippen molar-refractivity contribution in [2.75, 3.05) is 13.2 Å². The number of carboxylic acid groups (broad SMARTS) is 1. The van der Waals surface area contributed by atoms with Crippen LogP contribution in [0.2, 0.25) is 0 Å². The summed E-state index contributed by atoms with van der Waals surface area (Å²) in [5, 5.41) is 18.8. The highest BCUT2D eigenvalue weighted by atomic mass is 79.9. The number of halogens is 3. The summed E-state index contributed by atoms with van der Waals surface area (Å²) >= 11 is 3.87. The van der Waals surface area contributed by atoms with Crippen LogP contribution in [-0.2, 0) is 9.53 Å². The van der Waals surface area contributed by atoms with Crippen LogP contribution in [0.3, 0.4) is 0 Å². The van der Waals surface area contributed by atoms with Crippen LogP contribution in [0.1, 0.15) is 61.6 Å². The van der Waals surface area contributed by atoms with Crippen molar-refractivity contribution in [1.29, 1.82) is 0 Å². The van der Waals surface area contributed by atoms with Crippen molar-refractivity contribution in [1.82, 2.24) is 14.8 Å². The molecule has 0 atom stereocenters. The molecule has 2 aliphatic carbocycles. The number of H-pyrrole nitrogens is 1. The lowest BCUT2D eigenvalue weighted by Crippen LogP contribution is -2.49. The second kappa shape index (κ2) is 8.36. The number of carboxylic acids is 1. The lowest BCUT2D eigenvalue weighted by atomic mass is 9.47. The number of hydrogen-bond acceptors (Lipinski definition) is 3. The molecule has 2 aromatic carbocycles. The lowest BCUT2D eigenvalue weighted by molar-refractivity contribution is -0.155. The third-order valence-corrected chi connectivity index (χ3v) is 9.72. The van der Waals surface area contributed by atoms with Crippen molar-refractivity contribution in [3.63, 3.8) is 0 Å². The van der Waals surface area contributed by atoms with E-state index in [0.29, 0.717) is 18.9 Å². The molecule has 4 aromatic rings. The van der Waals surface area contributed by atoms with Gasteiger partial charge in [0.15, 0.2) is 11.6 Å². The smallest absolute Gasteiger partial charge is 0.306 e. The Balaban J connectivity index is 1.46. The Bertz CT molecular complexity index is 1560. The molecular formula is C28H26BrF2N3O3. The number of aliphatic carboxylic acids is 1. The zero-order valence-corrected chi connectivity index (χ0v) is 21.7. The van der Waals surface area contributed by atoms with Gasteiger partial charge in [0.2, 0.25) is 0 Å². The highest BCUT2D eigenvalue weighted by molar-refractivity contribution is 9.10. The lowest BCUT2D eigenvalue weighted by Gasteiger charge is -2.57. The van der Waals surface area contributed by atoms with Crippen molar-refractivity contribution in [2.24, 2.45) is 11.3 Å². The van der Waals surface area contributed by atoms with Crippen molar-refractivity contribution >= 4 is 43.7 Å². The molecule has 0 bridgehead atoms. The van der Waals surface area contributed by atoms with E-state index in [-0.39, 0.29) is 23.2 Å². The number of benzene rings is 2.